The van der Waals surface area contributed by atoms with E-state index in [2.05, 4.69) is 31.5 Å². The normalized spacial score (nSPS) is 13.2. The average Bonchev–Trinajstić information content (AvgIpc) is 2.55. The van der Waals surface area contributed by atoms with E-state index in [4.69, 9.17) is 17.0 Å². The number of halogens is 1. The molecule has 0 saturated heterocycles. The molecule has 1 N–H and O–H groups in total. The highest BCUT2D eigenvalue weighted by Crippen LogP contribution is 2.20. The molecule has 5 heteroatoms. The maximum atomic E-state index is 5.30. The third-order valence-corrected chi connectivity index (χ3v) is 3.40. The quantitative estimate of drug-likeness (QED) is 0.879. The standard InChI is InChI=1S/C11H13BrN2OS/c1-7(15-2)6-14-10-5-8(12)3-4-9(10)13-11(14)16/h3-5,7H,6H2,1-2H3,(H,13,16). The molecule has 86 valence electrons. The van der Waals surface area contributed by atoms with E-state index >= 15 is 0 Å². The number of nitrogens with one attached hydrogen (secondary N) is 1. The maximum Gasteiger partial charge on any atom is 0.178 e. The summed E-state index contributed by atoms with van der Waals surface area (Å²) in [4.78, 5) is 3.19. The minimum atomic E-state index is 0.143. The molecule has 0 radical (unpaired) electrons. The molecule has 0 aliphatic rings. The zero-order chi connectivity index (χ0) is 11.7. The zero-order valence-corrected chi connectivity index (χ0v) is 11.6. The first kappa shape index (κ1) is 11.8. The summed E-state index contributed by atoms with van der Waals surface area (Å²) in [5.41, 5.74) is 2.15. The van der Waals surface area contributed by atoms with Gasteiger partial charge in [-0.3, -0.25) is 0 Å². The van der Waals surface area contributed by atoms with Crippen molar-refractivity contribution in [1.29, 1.82) is 0 Å². The summed E-state index contributed by atoms with van der Waals surface area (Å²) < 4.78 is 9.11. The van der Waals surface area contributed by atoms with Crippen LogP contribution in [-0.2, 0) is 11.3 Å². The second-order valence-electron chi connectivity index (χ2n) is 3.75. The van der Waals surface area contributed by atoms with Gasteiger partial charge >= 0.3 is 0 Å². The topological polar surface area (TPSA) is 29.9 Å². The zero-order valence-electron chi connectivity index (χ0n) is 9.16. The van der Waals surface area contributed by atoms with Crippen LogP contribution in [0.4, 0.5) is 0 Å². The Morgan fingerprint density at radius 3 is 3.00 bits per heavy atom. The smallest absolute Gasteiger partial charge is 0.178 e. The van der Waals surface area contributed by atoms with Gasteiger partial charge < -0.3 is 14.3 Å². The lowest BCUT2D eigenvalue weighted by Gasteiger charge is -2.11. The van der Waals surface area contributed by atoms with E-state index in [-0.39, 0.29) is 6.10 Å². The Morgan fingerprint density at radius 1 is 1.56 bits per heavy atom. The molecule has 0 spiro atoms. The Hall–Kier alpha value is -0.650. The number of aromatic amines is 1. The summed E-state index contributed by atoms with van der Waals surface area (Å²) in [5, 5.41) is 0. The molecule has 3 nitrogen and oxygen atoms in total. The van der Waals surface area contributed by atoms with Crippen molar-refractivity contribution in [2.75, 3.05) is 7.11 Å². The molecule has 0 aliphatic heterocycles. The molecule has 1 aromatic carbocycles. The Balaban J connectivity index is 2.54. The predicted octanol–water partition coefficient (Wildman–Crippen LogP) is 3.50. The van der Waals surface area contributed by atoms with Crippen LogP contribution in [-0.4, -0.2) is 22.8 Å². The second kappa shape index (κ2) is 4.69. The largest absolute Gasteiger partial charge is 0.380 e. The lowest BCUT2D eigenvalue weighted by molar-refractivity contribution is 0.104. The van der Waals surface area contributed by atoms with Crippen LogP contribution in [0.25, 0.3) is 11.0 Å². The lowest BCUT2D eigenvalue weighted by Crippen LogP contribution is -2.14. The molecule has 0 fully saturated rings. The van der Waals surface area contributed by atoms with E-state index in [9.17, 15) is 0 Å². The van der Waals surface area contributed by atoms with Gasteiger partial charge in [-0.05, 0) is 37.3 Å². The second-order valence-corrected chi connectivity index (χ2v) is 5.05. The molecule has 0 amide bonds. The molecular formula is C11H13BrN2OS. The molecule has 0 bridgehead atoms. The van der Waals surface area contributed by atoms with Crippen LogP contribution in [0.3, 0.4) is 0 Å². The first-order chi connectivity index (χ1) is 7.61. The fourth-order valence-electron chi connectivity index (χ4n) is 1.64. The summed E-state index contributed by atoms with van der Waals surface area (Å²) in [6.07, 6.45) is 0.143. The van der Waals surface area contributed by atoms with Crippen LogP contribution in [0, 0.1) is 4.77 Å². The highest BCUT2D eigenvalue weighted by Gasteiger charge is 2.08. The van der Waals surface area contributed by atoms with Gasteiger partial charge in [0.05, 0.1) is 23.7 Å². The van der Waals surface area contributed by atoms with Crippen molar-refractivity contribution in [2.24, 2.45) is 0 Å². The Labute approximate surface area is 108 Å². The summed E-state index contributed by atoms with van der Waals surface area (Å²) >= 11 is 8.77. The number of hydrogen-bond donors (Lipinski definition) is 1. The van der Waals surface area contributed by atoms with Gasteiger partial charge in [0.25, 0.3) is 0 Å². The van der Waals surface area contributed by atoms with E-state index in [1.54, 1.807) is 7.11 Å². The first-order valence-electron chi connectivity index (χ1n) is 5.02. The number of fused-ring (bicyclic) bond motifs is 1. The number of hydrogen-bond acceptors (Lipinski definition) is 2. The van der Waals surface area contributed by atoms with Gasteiger partial charge in [-0.25, -0.2) is 0 Å². The maximum absolute atomic E-state index is 5.30. The number of ether oxygens (including phenoxy) is 1. The summed E-state index contributed by atoms with van der Waals surface area (Å²) in [5.74, 6) is 0. The first-order valence-corrected chi connectivity index (χ1v) is 6.23. The molecule has 1 unspecified atom stereocenters. The molecule has 1 heterocycles. The summed E-state index contributed by atoms with van der Waals surface area (Å²) in [7, 11) is 1.71. The fraction of sp³-hybridized carbons (Fsp3) is 0.364. The van der Waals surface area contributed by atoms with Crippen LogP contribution in [0.15, 0.2) is 22.7 Å². The van der Waals surface area contributed by atoms with E-state index in [0.29, 0.717) is 0 Å². The van der Waals surface area contributed by atoms with Gasteiger partial charge in [-0.15, -0.1) is 0 Å². The molecule has 2 rings (SSSR count). The van der Waals surface area contributed by atoms with Crippen molar-refractivity contribution in [3.8, 4) is 0 Å². The van der Waals surface area contributed by atoms with Crippen molar-refractivity contribution >= 4 is 39.2 Å². The number of nitrogens with zero attached hydrogens (tertiary/aromatic N) is 1. The number of aromatic nitrogens is 2. The van der Waals surface area contributed by atoms with E-state index < -0.39 is 0 Å². The van der Waals surface area contributed by atoms with Crippen LogP contribution in [0.2, 0.25) is 0 Å². The Morgan fingerprint density at radius 2 is 2.31 bits per heavy atom. The molecule has 1 aromatic heterocycles. The van der Waals surface area contributed by atoms with Gasteiger partial charge in [-0.1, -0.05) is 15.9 Å². The van der Waals surface area contributed by atoms with Crippen LogP contribution < -0.4 is 0 Å². The minimum Gasteiger partial charge on any atom is -0.380 e. The van der Waals surface area contributed by atoms with E-state index in [1.807, 2.05) is 19.1 Å². The third kappa shape index (κ3) is 2.21. The van der Waals surface area contributed by atoms with Crippen molar-refractivity contribution in [2.45, 2.75) is 19.6 Å². The van der Waals surface area contributed by atoms with Crippen LogP contribution >= 0.6 is 28.1 Å². The summed E-state index contributed by atoms with van der Waals surface area (Å²) in [6.45, 7) is 2.78. The fourth-order valence-corrected chi connectivity index (χ4v) is 2.27. The van der Waals surface area contributed by atoms with Crippen LogP contribution in [0.1, 0.15) is 6.92 Å². The Bertz CT molecular complexity index is 561. The number of methoxy groups -OCH3 is 1. The monoisotopic (exact) mass is 300 g/mol. The SMILES string of the molecule is COC(C)Cn1c(=S)[nH]c2ccc(Br)cc21. The van der Waals surface area contributed by atoms with Crippen molar-refractivity contribution < 1.29 is 4.74 Å². The van der Waals surface area contributed by atoms with Gasteiger partial charge in [-0.2, -0.15) is 0 Å². The van der Waals surface area contributed by atoms with Gasteiger partial charge in [0.2, 0.25) is 0 Å². The van der Waals surface area contributed by atoms with Crippen molar-refractivity contribution in [3.05, 3.63) is 27.4 Å². The molecular weight excluding hydrogens is 288 g/mol. The number of rotatable bonds is 3. The predicted molar refractivity (Wildman–Crippen MR) is 71.3 cm³/mol. The van der Waals surface area contributed by atoms with Crippen molar-refractivity contribution in [1.82, 2.24) is 9.55 Å². The molecule has 16 heavy (non-hydrogen) atoms. The van der Waals surface area contributed by atoms with Gasteiger partial charge in [0.1, 0.15) is 0 Å². The molecule has 2 aromatic rings. The molecule has 1 atom stereocenters. The number of imidazole rings is 1. The number of benzene rings is 1. The Kier molecular flexibility index (Phi) is 3.47. The number of H-pyrrole nitrogens is 1. The lowest BCUT2D eigenvalue weighted by atomic mass is 10.3. The van der Waals surface area contributed by atoms with Crippen molar-refractivity contribution in [3.63, 3.8) is 0 Å². The van der Waals surface area contributed by atoms with Crippen LogP contribution in [0.5, 0.6) is 0 Å². The molecule has 0 saturated carbocycles. The van der Waals surface area contributed by atoms with Gasteiger partial charge in [0, 0.05) is 11.6 Å². The van der Waals surface area contributed by atoms with E-state index in [1.165, 1.54) is 0 Å². The minimum absolute atomic E-state index is 0.143. The van der Waals surface area contributed by atoms with E-state index in [0.717, 1.165) is 26.8 Å². The molecule has 0 aliphatic carbocycles. The summed E-state index contributed by atoms with van der Waals surface area (Å²) in [6, 6.07) is 6.07. The third-order valence-electron chi connectivity index (χ3n) is 2.58. The highest BCUT2D eigenvalue weighted by molar-refractivity contribution is 9.10. The average molecular weight is 301 g/mol. The van der Waals surface area contributed by atoms with Gasteiger partial charge in [0.15, 0.2) is 4.77 Å². The highest BCUT2D eigenvalue weighted by atomic mass is 79.9.